The van der Waals surface area contributed by atoms with E-state index < -0.39 is 5.91 Å². The molecule has 0 spiro atoms. The molecule has 4 aromatic rings. The quantitative estimate of drug-likeness (QED) is 0.425. The van der Waals surface area contributed by atoms with Crippen molar-refractivity contribution in [2.75, 3.05) is 0 Å². The molecule has 3 aromatic carbocycles. The summed E-state index contributed by atoms with van der Waals surface area (Å²) in [6.07, 6.45) is 0. The Morgan fingerprint density at radius 3 is 2.48 bits per heavy atom. The fourth-order valence-corrected chi connectivity index (χ4v) is 2.82. The first-order valence-corrected chi connectivity index (χ1v) is 6.75. The van der Waals surface area contributed by atoms with E-state index in [-0.39, 0.29) is 0 Å². The molecular weight excluding hydrogens is 260 g/mol. The van der Waals surface area contributed by atoms with E-state index in [1.807, 2.05) is 48.5 Å². The van der Waals surface area contributed by atoms with E-state index in [1.54, 1.807) is 6.07 Å². The van der Waals surface area contributed by atoms with Crippen molar-refractivity contribution in [3.63, 3.8) is 0 Å². The highest BCUT2D eigenvalue weighted by atomic mass is 16.1. The van der Waals surface area contributed by atoms with Gasteiger partial charge in [-0.15, -0.1) is 0 Å². The van der Waals surface area contributed by atoms with E-state index in [2.05, 4.69) is 6.07 Å². The number of para-hydroxylation sites is 1. The molecule has 3 nitrogen and oxygen atoms in total. The molecule has 2 N–H and O–H groups in total. The molecule has 0 atom stereocenters. The molecule has 1 heterocycles. The van der Waals surface area contributed by atoms with E-state index >= 15 is 0 Å². The average Bonchev–Trinajstić information content (AvgIpc) is 2.52. The molecule has 0 saturated heterocycles. The van der Waals surface area contributed by atoms with Crippen LogP contribution < -0.4 is 5.73 Å². The van der Waals surface area contributed by atoms with Gasteiger partial charge in [-0.1, -0.05) is 42.5 Å². The third kappa shape index (κ3) is 1.75. The molecule has 4 rings (SSSR count). The van der Waals surface area contributed by atoms with Crippen LogP contribution in [0.1, 0.15) is 10.4 Å². The second-order valence-electron chi connectivity index (χ2n) is 5.09. The fraction of sp³-hybridized carbons (Fsp3) is 0. The van der Waals surface area contributed by atoms with Crippen molar-refractivity contribution in [3.05, 3.63) is 66.2 Å². The topological polar surface area (TPSA) is 56.0 Å². The van der Waals surface area contributed by atoms with Crippen molar-refractivity contribution < 1.29 is 4.79 Å². The van der Waals surface area contributed by atoms with Crippen LogP contribution in [-0.2, 0) is 0 Å². The molecule has 100 valence electrons. The zero-order chi connectivity index (χ0) is 14.4. The first kappa shape index (κ1) is 11.9. The van der Waals surface area contributed by atoms with Gasteiger partial charge in [0.05, 0.1) is 11.0 Å². The maximum atomic E-state index is 11.7. The average molecular weight is 272 g/mol. The molecule has 1 aromatic heterocycles. The summed E-state index contributed by atoms with van der Waals surface area (Å²) in [5.41, 5.74) is 7.77. The molecule has 0 unspecified atom stereocenters. The van der Waals surface area contributed by atoms with E-state index in [4.69, 9.17) is 10.7 Å². The number of benzene rings is 3. The third-order valence-corrected chi connectivity index (χ3v) is 3.79. The fourth-order valence-electron chi connectivity index (χ4n) is 2.82. The van der Waals surface area contributed by atoms with Crippen LogP contribution in [0, 0.1) is 0 Å². The Balaban J connectivity index is 2.26. The van der Waals surface area contributed by atoms with Crippen LogP contribution in [0.15, 0.2) is 60.7 Å². The van der Waals surface area contributed by atoms with Gasteiger partial charge in [0.15, 0.2) is 0 Å². The number of carbonyl (C=O) groups excluding carboxylic acids is 1. The molecule has 0 bridgehead atoms. The van der Waals surface area contributed by atoms with Crippen LogP contribution in [0.25, 0.3) is 32.6 Å². The zero-order valence-corrected chi connectivity index (χ0v) is 11.2. The number of rotatable bonds is 1. The highest BCUT2D eigenvalue weighted by Gasteiger charge is 2.11. The van der Waals surface area contributed by atoms with Gasteiger partial charge < -0.3 is 5.73 Å². The maximum absolute atomic E-state index is 11.7. The number of nitrogens with two attached hydrogens (primary N) is 1. The van der Waals surface area contributed by atoms with Crippen LogP contribution in [0.4, 0.5) is 0 Å². The van der Waals surface area contributed by atoms with Crippen molar-refractivity contribution in [1.29, 1.82) is 0 Å². The number of fused-ring (bicyclic) bond motifs is 4. The summed E-state index contributed by atoms with van der Waals surface area (Å²) in [6.45, 7) is 0. The Kier molecular flexibility index (Phi) is 2.42. The van der Waals surface area contributed by atoms with E-state index in [0.29, 0.717) is 5.56 Å². The Morgan fingerprint density at radius 1 is 0.857 bits per heavy atom. The lowest BCUT2D eigenvalue weighted by Gasteiger charge is -2.08. The second-order valence-corrected chi connectivity index (χ2v) is 5.09. The Labute approximate surface area is 121 Å². The van der Waals surface area contributed by atoms with E-state index in [9.17, 15) is 4.79 Å². The van der Waals surface area contributed by atoms with Gasteiger partial charge in [-0.3, -0.25) is 4.79 Å². The van der Waals surface area contributed by atoms with Gasteiger partial charge >= 0.3 is 0 Å². The highest BCUT2D eigenvalue weighted by molar-refractivity contribution is 6.17. The Morgan fingerprint density at radius 2 is 1.62 bits per heavy atom. The summed E-state index contributed by atoms with van der Waals surface area (Å²) in [6, 6.07) is 19.6. The molecular formula is C18H12N2O. The van der Waals surface area contributed by atoms with Crippen molar-refractivity contribution in [2.45, 2.75) is 0 Å². The lowest BCUT2D eigenvalue weighted by Crippen LogP contribution is -2.11. The first-order valence-electron chi connectivity index (χ1n) is 6.75. The third-order valence-electron chi connectivity index (χ3n) is 3.79. The minimum atomic E-state index is -0.428. The van der Waals surface area contributed by atoms with Crippen LogP contribution in [-0.4, -0.2) is 10.9 Å². The van der Waals surface area contributed by atoms with Gasteiger partial charge in [0, 0.05) is 21.7 Å². The predicted molar refractivity (Wildman–Crippen MR) is 85.3 cm³/mol. The van der Waals surface area contributed by atoms with Gasteiger partial charge in [0.25, 0.3) is 0 Å². The highest BCUT2D eigenvalue weighted by Crippen LogP contribution is 2.29. The smallest absolute Gasteiger partial charge is 0.249 e. The molecule has 1 amide bonds. The van der Waals surface area contributed by atoms with E-state index in [0.717, 1.165) is 32.6 Å². The predicted octanol–water partition coefficient (Wildman–Crippen LogP) is 3.64. The summed E-state index contributed by atoms with van der Waals surface area (Å²) in [4.78, 5) is 16.5. The molecule has 21 heavy (non-hydrogen) atoms. The van der Waals surface area contributed by atoms with Gasteiger partial charge in [-0.05, 0) is 23.6 Å². The Hall–Kier alpha value is -2.94. The standard InChI is InChI=1S/C18H12N2O/c19-18(21)14-6-3-5-11-8-9-13-10-12-4-1-2-7-15(12)20-17(13)16(11)14/h1-10H,(H2,19,21). The van der Waals surface area contributed by atoms with Gasteiger partial charge in [-0.2, -0.15) is 0 Å². The number of nitrogens with zero attached hydrogens (tertiary/aromatic N) is 1. The molecule has 0 radical (unpaired) electrons. The van der Waals surface area contributed by atoms with Gasteiger partial charge in [0.1, 0.15) is 0 Å². The lowest BCUT2D eigenvalue weighted by atomic mass is 9.99. The number of hydrogen-bond acceptors (Lipinski definition) is 2. The maximum Gasteiger partial charge on any atom is 0.249 e. The van der Waals surface area contributed by atoms with Crippen LogP contribution in [0.3, 0.4) is 0 Å². The summed E-state index contributed by atoms with van der Waals surface area (Å²) in [7, 11) is 0. The SMILES string of the molecule is NC(=O)c1cccc2ccc3cc4ccccc4nc3c12. The van der Waals surface area contributed by atoms with Gasteiger partial charge in [0.2, 0.25) is 5.91 Å². The number of carbonyl (C=O) groups is 1. The van der Waals surface area contributed by atoms with Crippen LogP contribution in [0.5, 0.6) is 0 Å². The van der Waals surface area contributed by atoms with Crippen LogP contribution >= 0.6 is 0 Å². The van der Waals surface area contributed by atoms with Crippen molar-refractivity contribution >= 4 is 38.5 Å². The first-order chi connectivity index (χ1) is 10.2. The van der Waals surface area contributed by atoms with E-state index in [1.165, 1.54) is 0 Å². The summed E-state index contributed by atoms with van der Waals surface area (Å²) < 4.78 is 0. The zero-order valence-electron chi connectivity index (χ0n) is 11.2. The monoisotopic (exact) mass is 272 g/mol. The van der Waals surface area contributed by atoms with Crippen molar-refractivity contribution in [2.24, 2.45) is 5.73 Å². The Bertz CT molecular complexity index is 1020. The molecule has 0 aliphatic rings. The normalized spacial score (nSPS) is 11.2. The van der Waals surface area contributed by atoms with Crippen LogP contribution in [0.2, 0.25) is 0 Å². The summed E-state index contributed by atoms with van der Waals surface area (Å²) in [5.74, 6) is -0.428. The summed E-state index contributed by atoms with van der Waals surface area (Å²) in [5, 5.41) is 3.89. The number of primary amides is 1. The lowest BCUT2D eigenvalue weighted by molar-refractivity contribution is 0.100. The molecule has 3 heteroatoms. The molecule has 0 aliphatic carbocycles. The number of hydrogen-bond donors (Lipinski definition) is 1. The number of amides is 1. The molecule has 0 fully saturated rings. The number of aromatic nitrogens is 1. The largest absolute Gasteiger partial charge is 0.366 e. The second kappa shape index (κ2) is 4.28. The molecule has 0 saturated carbocycles. The molecule has 0 aliphatic heterocycles. The van der Waals surface area contributed by atoms with Crippen molar-refractivity contribution in [1.82, 2.24) is 4.98 Å². The van der Waals surface area contributed by atoms with Crippen molar-refractivity contribution in [3.8, 4) is 0 Å². The summed E-state index contributed by atoms with van der Waals surface area (Å²) >= 11 is 0. The van der Waals surface area contributed by atoms with Gasteiger partial charge in [-0.25, -0.2) is 4.98 Å². The minimum absolute atomic E-state index is 0.428. The minimum Gasteiger partial charge on any atom is -0.366 e. The number of pyridine rings is 1.